The van der Waals surface area contributed by atoms with E-state index in [1.807, 2.05) is 41.1 Å². The zero-order valence-corrected chi connectivity index (χ0v) is 21.9. The molecule has 0 saturated carbocycles. The molecule has 0 radical (unpaired) electrons. The summed E-state index contributed by atoms with van der Waals surface area (Å²) in [4.78, 5) is 17.2. The molecule has 0 fully saturated rings. The van der Waals surface area contributed by atoms with E-state index >= 15 is 0 Å². The average molecular weight is 510 g/mol. The number of nitrogens with one attached hydrogen (secondary N) is 1. The van der Waals surface area contributed by atoms with Gasteiger partial charge < -0.3 is 19.4 Å². The molecule has 10 heteroatoms. The number of rotatable bonds is 9. The molecule has 35 heavy (non-hydrogen) atoms. The first-order valence-electron chi connectivity index (χ1n) is 11.0. The minimum Gasteiger partial charge on any atom is -0.493 e. The average Bonchev–Trinajstić information content (AvgIpc) is 3.50. The van der Waals surface area contributed by atoms with Gasteiger partial charge in [0, 0.05) is 23.1 Å². The number of thiazole rings is 1. The van der Waals surface area contributed by atoms with E-state index in [1.54, 1.807) is 14.2 Å². The molecule has 182 valence electrons. The van der Waals surface area contributed by atoms with E-state index in [0.717, 1.165) is 16.8 Å². The van der Waals surface area contributed by atoms with Crippen LogP contribution in [0.25, 0.3) is 22.6 Å². The van der Waals surface area contributed by atoms with Crippen LogP contribution in [0, 0.1) is 13.8 Å². The van der Waals surface area contributed by atoms with Crippen LogP contribution in [0.15, 0.2) is 46.9 Å². The second kappa shape index (κ2) is 10.9. The molecule has 0 aliphatic rings. The highest BCUT2D eigenvalue weighted by Crippen LogP contribution is 2.33. The SMILES string of the molecule is CCn1c(SCC(=O)Nc2nc(-c3ccc(C)c(C)c3)cs2)nnc1-c1ccc(OC)c(OC)c1. The zero-order valence-electron chi connectivity index (χ0n) is 20.3. The lowest BCUT2D eigenvalue weighted by Crippen LogP contribution is -2.14. The number of amides is 1. The summed E-state index contributed by atoms with van der Waals surface area (Å²) >= 11 is 2.75. The number of carbonyl (C=O) groups is 1. The van der Waals surface area contributed by atoms with Crippen molar-refractivity contribution in [2.75, 3.05) is 25.3 Å². The number of hydrogen-bond acceptors (Lipinski definition) is 8. The van der Waals surface area contributed by atoms with Gasteiger partial charge >= 0.3 is 0 Å². The molecule has 2 aromatic heterocycles. The number of anilines is 1. The molecule has 0 unspecified atom stereocenters. The number of carbonyl (C=O) groups excluding carboxylic acids is 1. The van der Waals surface area contributed by atoms with Gasteiger partial charge in [-0.25, -0.2) is 4.98 Å². The first-order chi connectivity index (χ1) is 16.9. The van der Waals surface area contributed by atoms with Gasteiger partial charge in [0.25, 0.3) is 0 Å². The molecule has 0 aliphatic carbocycles. The third-order valence-electron chi connectivity index (χ3n) is 5.56. The maximum absolute atomic E-state index is 12.6. The second-order valence-electron chi connectivity index (χ2n) is 7.79. The van der Waals surface area contributed by atoms with Crippen molar-refractivity contribution < 1.29 is 14.3 Å². The predicted molar refractivity (Wildman–Crippen MR) is 141 cm³/mol. The van der Waals surface area contributed by atoms with Crippen molar-refractivity contribution in [2.24, 2.45) is 0 Å². The Labute approximate surface area is 212 Å². The summed E-state index contributed by atoms with van der Waals surface area (Å²) in [6, 6.07) is 11.9. The smallest absolute Gasteiger partial charge is 0.236 e. The van der Waals surface area contributed by atoms with Crippen LogP contribution in [-0.4, -0.2) is 45.6 Å². The van der Waals surface area contributed by atoms with Crippen LogP contribution in [0.5, 0.6) is 11.5 Å². The lowest BCUT2D eigenvalue weighted by atomic mass is 10.1. The molecule has 0 aliphatic heterocycles. The number of methoxy groups -OCH3 is 2. The highest BCUT2D eigenvalue weighted by molar-refractivity contribution is 7.99. The molecule has 0 saturated heterocycles. The minimum absolute atomic E-state index is 0.144. The van der Waals surface area contributed by atoms with Crippen molar-refractivity contribution in [3.63, 3.8) is 0 Å². The number of aromatic nitrogens is 4. The number of ether oxygens (including phenoxy) is 2. The molecule has 0 bridgehead atoms. The molecule has 1 amide bonds. The van der Waals surface area contributed by atoms with Crippen LogP contribution < -0.4 is 14.8 Å². The number of hydrogen-bond donors (Lipinski definition) is 1. The van der Waals surface area contributed by atoms with Gasteiger partial charge in [-0.1, -0.05) is 23.9 Å². The molecule has 4 rings (SSSR count). The topological polar surface area (TPSA) is 91.2 Å². The van der Waals surface area contributed by atoms with Gasteiger partial charge in [-0.3, -0.25) is 4.79 Å². The highest BCUT2D eigenvalue weighted by atomic mass is 32.2. The minimum atomic E-state index is -0.144. The maximum atomic E-state index is 12.6. The third-order valence-corrected chi connectivity index (χ3v) is 7.28. The van der Waals surface area contributed by atoms with Crippen molar-refractivity contribution in [3.05, 3.63) is 52.9 Å². The Kier molecular flexibility index (Phi) is 7.72. The fourth-order valence-corrected chi connectivity index (χ4v) is 5.06. The first kappa shape index (κ1) is 24.7. The van der Waals surface area contributed by atoms with Crippen LogP contribution >= 0.6 is 23.1 Å². The monoisotopic (exact) mass is 509 g/mol. The van der Waals surface area contributed by atoms with Crippen molar-refractivity contribution in [1.82, 2.24) is 19.7 Å². The Balaban J connectivity index is 1.42. The lowest BCUT2D eigenvalue weighted by molar-refractivity contribution is -0.113. The molecule has 2 heterocycles. The fourth-order valence-electron chi connectivity index (χ4n) is 3.52. The number of thioether (sulfide) groups is 1. The second-order valence-corrected chi connectivity index (χ2v) is 9.59. The summed E-state index contributed by atoms with van der Waals surface area (Å²) in [5.74, 6) is 2.02. The molecule has 1 N–H and O–H groups in total. The van der Waals surface area contributed by atoms with Crippen LogP contribution in [0.2, 0.25) is 0 Å². The summed E-state index contributed by atoms with van der Waals surface area (Å²) in [6.07, 6.45) is 0. The van der Waals surface area contributed by atoms with Crippen LogP contribution in [0.1, 0.15) is 18.1 Å². The van der Waals surface area contributed by atoms with Gasteiger partial charge in [0.15, 0.2) is 27.6 Å². The van der Waals surface area contributed by atoms with Crippen LogP contribution in [0.3, 0.4) is 0 Å². The van der Waals surface area contributed by atoms with Gasteiger partial charge in [0.05, 0.1) is 25.7 Å². The van der Waals surface area contributed by atoms with Gasteiger partial charge in [-0.05, 0) is 56.2 Å². The van der Waals surface area contributed by atoms with Crippen molar-refractivity contribution in [2.45, 2.75) is 32.5 Å². The molecule has 2 aromatic carbocycles. The normalized spacial score (nSPS) is 10.9. The van der Waals surface area contributed by atoms with Crippen molar-refractivity contribution in [1.29, 1.82) is 0 Å². The third kappa shape index (κ3) is 5.49. The van der Waals surface area contributed by atoms with E-state index in [2.05, 4.69) is 46.5 Å². The van der Waals surface area contributed by atoms with E-state index in [-0.39, 0.29) is 11.7 Å². The Hall–Kier alpha value is -3.37. The van der Waals surface area contributed by atoms with Crippen LogP contribution in [-0.2, 0) is 11.3 Å². The summed E-state index contributed by atoms with van der Waals surface area (Å²) in [5, 5.41) is 14.8. The lowest BCUT2D eigenvalue weighted by Gasteiger charge is -2.11. The fraction of sp³-hybridized carbons (Fsp3) is 0.280. The predicted octanol–water partition coefficient (Wildman–Crippen LogP) is 5.45. The molecule has 0 atom stereocenters. The molecule has 4 aromatic rings. The van der Waals surface area contributed by atoms with Gasteiger partial charge in [-0.15, -0.1) is 21.5 Å². The standard InChI is InChI=1S/C25H27N5O3S2/c1-6-30-23(18-9-10-20(32-4)21(12-18)33-5)28-29-25(30)35-14-22(31)27-24-26-19(13-34-24)17-8-7-15(2)16(3)11-17/h7-13H,6,14H2,1-5H3,(H,26,27,31). The molecular formula is C25H27N5O3S2. The summed E-state index contributed by atoms with van der Waals surface area (Å²) in [5.41, 5.74) is 5.20. The quantitative estimate of drug-likeness (QED) is 0.300. The summed E-state index contributed by atoms with van der Waals surface area (Å²) < 4.78 is 12.7. The number of nitrogens with zero attached hydrogens (tertiary/aromatic N) is 4. The number of benzene rings is 2. The Morgan fingerprint density at radius 1 is 1.03 bits per heavy atom. The van der Waals surface area contributed by atoms with E-state index < -0.39 is 0 Å². The van der Waals surface area contributed by atoms with E-state index in [1.165, 1.54) is 34.2 Å². The van der Waals surface area contributed by atoms with Gasteiger partial charge in [0.1, 0.15) is 0 Å². The zero-order chi connectivity index (χ0) is 24.9. The number of aryl methyl sites for hydroxylation is 2. The Bertz CT molecular complexity index is 1350. The highest BCUT2D eigenvalue weighted by Gasteiger charge is 2.17. The van der Waals surface area contributed by atoms with Gasteiger partial charge in [-0.2, -0.15) is 0 Å². The Morgan fingerprint density at radius 3 is 2.51 bits per heavy atom. The van der Waals surface area contributed by atoms with E-state index in [9.17, 15) is 4.79 Å². The van der Waals surface area contributed by atoms with Crippen molar-refractivity contribution in [3.8, 4) is 34.1 Å². The molecule has 0 spiro atoms. The first-order valence-corrected chi connectivity index (χ1v) is 12.9. The summed E-state index contributed by atoms with van der Waals surface area (Å²) in [6.45, 7) is 6.84. The maximum Gasteiger partial charge on any atom is 0.236 e. The van der Waals surface area contributed by atoms with Crippen molar-refractivity contribution >= 4 is 34.1 Å². The molecular weight excluding hydrogens is 482 g/mol. The Morgan fingerprint density at radius 2 is 1.80 bits per heavy atom. The van der Waals surface area contributed by atoms with Gasteiger partial charge in [0.2, 0.25) is 5.91 Å². The van der Waals surface area contributed by atoms with Crippen LogP contribution in [0.4, 0.5) is 5.13 Å². The van der Waals surface area contributed by atoms with E-state index in [4.69, 9.17) is 9.47 Å². The summed E-state index contributed by atoms with van der Waals surface area (Å²) in [7, 11) is 3.20. The van der Waals surface area contributed by atoms with E-state index in [0.29, 0.717) is 34.2 Å². The largest absolute Gasteiger partial charge is 0.493 e. The molecule has 8 nitrogen and oxygen atoms in total.